The smallest absolute Gasteiger partial charge is 0.252 e. The Hall–Kier alpha value is -2.14. The highest BCUT2D eigenvalue weighted by Crippen LogP contribution is 2.14. The second-order valence-corrected chi connectivity index (χ2v) is 5.13. The first-order valence-electron chi connectivity index (χ1n) is 6.58. The van der Waals surface area contributed by atoms with Crippen LogP contribution in [0.5, 0.6) is 0 Å². The van der Waals surface area contributed by atoms with Crippen LogP contribution in [0.4, 0.5) is 0 Å². The van der Waals surface area contributed by atoms with E-state index in [-0.39, 0.29) is 24.8 Å². The van der Waals surface area contributed by atoms with Crippen LogP contribution in [0.25, 0.3) is 0 Å². The van der Waals surface area contributed by atoms with Crippen LogP contribution >= 0.6 is 11.6 Å². The number of hydrogen-bond acceptors (Lipinski definition) is 3. The molecule has 21 heavy (non-hydrogen) atoms. The summed E-state index contributed by atoms with van der Waals surface area (Å²) in [7, 11) is 0. The summed E-state index contributed by atoms with van der Waals surface area (Å²) in [4.78, 5) is 23.9. The first-order chi connectivity index (χ1) is 9.99. The minimum Gasteiger partial charge on any atom is -0.351 e. The van der Waals surface area contributed by atoms with E-state index in [0.717, 1.165) is 11.4 Å². The normalized spacial score (nSPS) is 10.4. The summed E-state index contributed by atoms with van der Waals surface area (Å²) in [6.07, 6.45) is 0.179. The zero-order valence-electron chi connectivity index (χ0n) is 11.9. The van der Waals surface area contributed by atoms with Gasteiger partial charge in [0.2, 0.25) is 5.91 Å². The standard InChI is InChI=1S/C15H16ClN3O2/c1-10-9-11(2)19(18-10)14(20)7-8-17-15(21)12-5-3-4-6-13(12)16/h3-6,9H,7-8H2,1-2H3,(H,17,21). The Morgan fingerprint density at radius 1 is 1.29 bits per heavy atom. The second-order valence-electron chi connectivity index (χ2n) is 4.72. The summed E-state index contributed by atoms with van der Waals surface area (Å²) < 4.78 is 1.36. The number of hydrogen-bond donors (Lipinski definition) is 1. The van der Waals surface area contributed by atoms with E-state index in [0.29, 0.717) is 10.6 Å². The van der Waals surface area contributed by atoms with Crippen molar-refractivity contribution >= 4 is 23.4 Å². The van der Waals surface area contributed by atoms with Crippen LogP contribution in [0.15, 0.2) is 30.3 Å². The van der Waals surface area contributed by atoms with Gasteiger partial charge in [-0.05, 0) is 32.0 Å². The Labute approximate surface area is 127 Å². The molecule has 0 unspecified atom stereocenters. The van der Waals surface area contributed by atoms with Gasteiger partial charge >= 0.3 is 0 Å². The van der Waals surface area contributed by atoms with Crippen LogP contribution in [0.3, 0.4) is 0 Å². The lowest BCUT2D eigenvalue weighted by molar-refractivity contribution is 0.0876. The van der Waals surface area contributed by atoms with Crippen molar-refractivity contribution in [1.29, 1.82) is 0 Å². The summed E-state index contributed by atoms with van der Waals surface area (Å²) in [5.41, 5.74) is 1.98. The first-order valence-corrected chi connectivity index (χ1v) is 6.96. The van der Waals surface area contributed by atoms with Gasteiger partial charge in [-0.25, -0.2) is 4.68 Å². The molecule has 0 aliphatic heterocycles. The molecule has 2 aromatic rings. The highest BCUT2D eigenvalue weighted by atomic mass is 35.5. The van der Waals surface area contributed by atoms with Crippen LogP contribution in [-0.2, 0) is 0 Å². The van der Waals surface area contributed by atoms with E-state index in [1.807, 2.05) is 19.9 Å². The molecule has 0 aliphatic carbocycles. The van der Waals surface area contributed by atoms with Gasteiger partial charge in [0.25, 0.3) is 5.91 Å². The van der Waals surface area contributed by atoms with Gasteiger partial charge in [0.15, 0.2) is 0 Å². The van der Waals surface area contributed by atoms with E-state index >= 15 is 0 Å². The molecule has 0 saturated heterocycles. The second kappa shape index (κ2) is 6.54. The number of benzene rings is 1. The van der Waals surface area contributed by atoms with Gasteiger partial charge in [0.1, 0.15) is 0 Å². The van der Waals surface area contributed by atoms with Crippen LogP contribution in [0.2, 0.25) is 5.02 Å². The zero-order chi connectivity index (χ0) is 15.4. The van der Waals surface area contributed by atoms with Crippen molar-refractivity contribution in [2.75, 3.05) is 6.54 Å². The molecule has 110 valence electrons. The molecule has 0 saturated carbocycles. The predicted molar refractivity (Wildman–Crippen MR) is 80.7 cm³/mol. The Balaban J connectivity index is 1.90. The number of carbonyl (C=O) groups is 2. The van der Waals surface area contributed by atoms with Gasteiger partial charge in [-0.15, -0.1) is 0 Å². The Kier molecular flexibility index (Phi) is 4.75. The van der Waals surface area contributed by atoms with E-state index in [4.69, 9.17) is 11.6 Å². The molecular formula is C15H16ClN3O2. The molecule has 0 radical (unpaired) electrons. The average Bonchev–Trinajstić information content (AvgIpc) is 2.78. The topological polar surface area (TPSA) is 64.0 Å². The van der Waals surface area contributed by atoms with Gasteiger partial charge in [-0.1, -0.05) is 23.7 Å². The maximum atomic E-state index is 12.0. The van der Waals surface area contributed by atoms with E-state index < -0.39 is 0 Å². The number of halogens is 1. The van der Waals surface area contributed by atoms with E-state index in [1.165, 1.54) is 4.68 Å². The SMILES string of the molecule is Cc1cc(C)n(C(=O)CCNC(=O)c2ccccc2Cl)n1. The highest BCUT2D eigenvalue weighted by molar-refractivity contribution is 6.33. The van der Waals surface area contributed by atoms with Crippen molar-refractivity contribution in [2.24, 2.45) is 0 Å². The highest BCUT2D eigenvalue weighted by Gasteiger charge is 2.12. The lowest BCUT2D eigenvalue weighted by Crippen LogP contribution is -2.28. The number of aromatic nitrogens is 2. The molecule has 0 atom stereocenters. The third-order valence-corrected chi connectivity index (χ3v) is 3.32. The van der Waals surface area contributed by atoms with Crippen molar-refractivity contribution in [1.82, 2.24) is 15.1 Å². The van der Waals surface area contributed by atoms with E-state index in [2.05, 4.69) is 10.4 Å². The predicted octanol–water partition coefficient (Wildman–Crippen LogP) is 2.61. The fourth-order valence-corrected chi connectivity index (χ4v) is 2.23. The zero-order valence-corrected chi connectivity index (χ0v) is 12.6. The Morgan fingerprint density at radius 2 is 2.00 bits per heavy atom. The average molecular weight is 306 g/mol. The van der Waals surface area contributed by atoms with Crippen molar-refractivity contribution in [3.05, 3.63) is 52.3 Å². The first kappa shape index (κ1) is 15.3. The maximum Gasteiger partial charge on any atom is 0.252 e. The van der Waals surface area contributed by atoms with Gasteiger partial charge in [-0.3, -0.25) is 9.59 Å². The largest absolute Gasteiger partial charge is 0.351 e. The number of nitrogens with one attached hydrogen (secondary N) is 1. The van der Waals surface area contributed by atoms with Crippen molar-refractivity contribution in [3.63, 3.8) is 0 Å². The fourth-order valence-electron chi connectivity index (χ4n) is 2.01. The third-order valence-electron chi connectivity index (χ3n) is 2.99. The molecule has 5 nitrogen and oxygen atoms in total. The summed E-state index contributed by atoms with van der Waals surface area (Å²) in [6.45, 7) is 3.89. The lowest BCUT2D eigenvalue weighted by Gasteiger charge is -2.07. The minimum absolute atomic E-state index is 0.153. The summed E-state index contributed by atoms with van der Waals surface area (Å²) in [6, 6.07) is 8.62. The van der Waals surface area contributed by atoms with Gasteiger partial charge in [-0.2, -0.15) is 5.10 Å². The van der Waals surface area contributed by atoms with Gasteiger partial charge < -0.3 is 5.32 Å². The molecular weight excluding hydrogens is 290 g/mol. The molecule has 0 spiro atoms. The van der Waals surface area contributed by atoms with E-state index in [9.17, 15) is 9.59 Å². The number of amides is 1. The summed E-state index contributed by atoms with van der Waals surface area (Å²) in [5.74, 6) is -0.443. The third kappa shape index (κ3) is 3.70. The monoisotopic (exact) mass is 305 g/mol. The van der Waals surface area contributed by atoms with Gasteiger partial charge in [0.05, 0.1) is 16.3 Å². The molecule has 0 fully saturated rings. The quantitative estimate of drug-likeness (QED) is 0.944. The maximum absolute atomic E-state index is 12.0. The van der Waals surface area contributed by atoms with Crippen molar-refractivity contribution in [3.8, 4) is 0 Å². The summed E-state index contributed by atoms with van der Waals surface area (Å²) >= 11 is 5.94. The minimum atomic E-state index is -0.290. The van der Waals surface area contributed by atoms with E-state index in [1.54, 1.807) is 24.3 Å². The van der Waals surface area contributed by atoms with Gasteiger partial charge in [0, 0.05) is 18.7 Å². The van der Waals surface area contributed by atoms with Crippen molar-refractivity contribution in [2.45, 2.75) is 20.3 Å². The fraction of sp³-hybridized carbons (Fsp3) is 0.267. The lowest BCUT2D eigenvalue weighted by atomic mass is 10.2. The number of aryl methyl sites for hydroxylation is 2. The van der Waals surface area contributed by atoms with Crippen LogP contribution in [-0.4, -0.2) is 28.1 Å². The Bertz CT molecular complexity index is 679. The number of carbonyl (C=O) groups excluding carboxylic acids is 2. The number of nitrogens with zero attached hydrogens (tertiary/aromatic N) is 2. The summed E-state index contributed by atoms with van der Waals surface area (Å²) in [5, 5.41) is 7.18. The van der Waals surface area contributed by atoms with Crippen LogP contribution < -0.4 is 5.32 Å². The molecule has 0 aliphatic rings. The van der Waals surface area contributed by atoms with Crippen LogP contribution in [0, 0.1) is 13.8 Å². The molecule has 2 rings (SSSR count). The molecule has 1 aromatic carbocycles. The molecule has 1 aromatic heterocycles. The molecule has 1 heterocycles. The molecule has 1 N–H and O–H groups in total. The molecule has 1 amide bonds. The number of rotatable bonds is 4. The van der Waals surface area contributed by atoms with Crippen LogP contribution in [0.1, 0.15) is 33.0 Å². The molecule has 0 bridgehead atoms. The van der Waals surface area contributed by atoms with Crippen molar-refractivity contribution < 1.29 is 9.59 Å². The molecule has 6 heteroatoms. The Morgan fingerprint density at radius 3 is 2.62 bits per heavy atom.